The fraction of sp³-hybridized carbons (Fsp3) is 0.261. The van der Waals surface area contributed by atoms with Crippen molar-refractivity contribution < 1.29 is 24.0 Å². The summed E-state index contributed by atoms with van der Waals surface area (Å²) in [5, 5.41) is 13.3. The Labute approximate surface area is 190 Å². The van der Waals surface area contributed by atoms with E-state index in [1.54, 1.807) is 23.3 Å². The van der Waals surface area contributed by atoms with Crippen molar-refractivity contribution in [1.29, 1.82) is 0 Å². The molecule has 32 heavy (non-hydrogen) atoms. The molecule has 9 heteroatoms. The standard InChI is InChI=1S/C23H26FN3O4S/c1-32-19-12-6-16(7-13-19)15-20(17-8-10-18(24)11-9-17)22(29)26-23(30)25-14-4-2-3-5-21(28)27-31/h6-13,15,31H,2-5,14H2,1H3,(H,27,28)(H2,25,26,29,30)/b20-15-. The number of imide groups is 1. The number of carbonyl (C=O) groups is 3. The van der Waals surface area contributed by atoms with Crippen LogP contribution in [0, 0.1) is 5.82 Å². The SMILES string of the molecule is CSc1ccc(/C=C(\C(=O)NC(=O)NCCCCCC(=O)NO)c2ccc(F)cc2)cc1. The number of amides is 4. The van der Waals surface area contributed by atoms with Gasteiger partial charge < -0.3 is 5.32 Å². The summed E-state index contributed by atoms with van der Waals surface area (Å²) in [4.78, 5) is 36.9. The quantitative estimate of drug-likeness (QED) is 0.107. The number of hydroxylamine groups is 1. The van der Waals surface area contributed by atoms with Crippen LogP contribution in [0.25, 0.3) is 11.6 Å². The summed E-state index contributed by atoms with van der Waals surface area (Å²) in [6.45, 7) is 0.325. The Morgan fingerprint density at radius 3 is 2.31 bits per heavy atom. The number of thioether (sulfide) groups is 1. The lowest BCUT2D eigenvalue weighted by molar-refractivity contribution is -0.129. The van der Waals surface area contributed by atoms with Gasteiger partial charge in [-0.3, -0.25) is 20.1 Å². The van der Waals surface area contributed by atoms with E-state index in [9.17, 15) is 18.8 Å². The first-order chi connectivity index (χ1) is 15.4. The van der Waals surface area contributed by atoms with Gasteiger partial charge in [0, 0.05) is 23.4 Å². The smallest absolute Gasteiger partial charge is 0.321 e. The first-order valence-corrected chi connectivity index (χ1v) is 11.3. The first-order valence-electron chi connectivity index (χ1n) is 10.1. The molecule has 0 aromatic heterocycles. The molecule has 0 unspecified atom stereocenters. The maximum absolute atomic E-state index is 13.3. The molecular formula is C23H26FN3O4S. The van der Waals surface area contributed by atoms with Crippen LogP contribution in [0.4, 0.5) is 9.18 Å². The van der Waals surface area contributed by atoms with Gasteiger partial charge in [0.05, 0.1) is 0 Å². The van der Waals surface area contributed by atoms with Gasteiger partial charge in [0.25, 0.3) is 5.91 Å². The molecule has 0 saturated heterocycles. The van der Waals surface area contributed by atoms with Crippen molar-refractivity contribution in [2.24, 2.45) is 0 Å². The molecule has 0 radical (unpaired) electrons. The Hall–Kier alpha value is -3.17. The Morgan fingerprint density at radius 2 is 1.69 bits per heavy atom. The Bertz CT molecular complexity index is 947. The molecule has 4 N–H and O–H groups in total. The minimum absolute atomic E-state index is 0.199. The zero-order chi connectivity index (χ0) is 23.3. The van der Waals surface area contributed by atoms with E-state index in [2.05, 4.69) is 10.6 Å². The minimum Gasteiger partial charge on any atom is -0.338 e. The molecule has 0 atom stereocenters. The van der Waals surface area contributed by atoms with Crippen molar-refractivity contribution in [3.63, 3.8) is 0 Å². The second-order valence-electron chi connectivity index (χ2n) is 6.89. The van der Waals surface area contributed by atoms with Gasteiger partial charge in [0.15, 0.2) is 0 Å². The number of urea groups is 1. The van der Waals surface area contributed by atoms with E-state index in [0.29, 0.717) is 31.4 Å². The van der Waals surface area contributed by atoms with Gasteiger partial charge in [-0.05, 0) is 60.6 Å². The zero-order valence-corrected chi connectivity index (χ0v) is 18.5. The number of hydrogen-bond acceptors (Lipinski definition) is 5. The molecule has 2 aromatic rings. The predicted octanol–water partition coefficient (Wildman–Crippen LogP) is 3.98. The highest BCUT2D eigenvalue weighted by Crippen LogP contribution is 2.21. The molecule has 0 spiro atoms. The van der Waals surface area contributed by atoms with Crippen molar-refractivity contribution in [3.05, 3.63) is 65.5 Å². The van der Waals surface area contributed by atoms with E-state index in [4.69, 9.17) is 5.21 Å². The lowest BCUT2D eigenvalue weighted by atomic mass is 10.0. The summed E-state index contributed by atoms with van der Waals surface area (Å²) in [6, 6.07) is 12.4. The lowest BCUT2D eigenvalue weighted by Crippen LogP contribution is -2.40. The van der Waals surface area contributed by atoms with Crippen LogP contribution in [0.5, 0.6) is 0 Å². The topological polar surface area (TPSA) is 108 Å². The van der Waals surface area contributed by atoms with Crippen LogP contribution in [0.1, 0.15) is 36.8 Å². The van der Waals surface area contributed by atoms with Crippen molar-refractivity contribution in [2.75, 3.05) is 12.8 Å². The number of benzene rings is 2. The van der Waals surface area contributed by atoms with Gasteiger partial charge in [-0.2, -0.15) is 0 Å². The number of carbonyl (C=O) groups excluding carboxylic acids is 3. The Morgan fingerprint density at radius 1 is 1.00 bits per heavy atom. The van der Waals surface area contributed by atoms with E-state index < -0.39 is 23.7 Å². The molecule has 0 aliphatic carbocycles. The number of nitrogens with one attached hydrogen (secondary N) is 3. The number of hydrogen-bond donors (Lipinski definition) is 4. The second kappa shape index (κ2) is 13.3. The highest BCUT2D eigenvalue weighted by molar-refractivity contribution is 7.98. The van der Waals surface area contributed by atoms with Gasteiger partial charge in [0.2, 0.25) is 5.91 Å². The summed E-state index contributed by atoms with van der Waals surface area (Å²) in [5.41, 5.74) is 3.04. The van der Waals surface area contributed by atoms with Gasteiger partial charge in [-0.25, -0.2) is 14.7 Å². The summed E-state index contributed by atoms with van der Waals surface area (Å²) < 4.78 is 13.3. The third-order valence-electron chi connectivity index (χ3n) is 4.54. The van der Waals surface area contributed by atoms with Gasteiger partial charge >= 0.3 is 6.03 Å². The van der Waals surface area contributed by atoms with Crippen LogP contribution >= 0.6 is 11.8 Å². The van der Waals surface area contributed by atoms with E-state index >= 15 is 0 Å². The van der Waals surface area contributed by atoms with Crippen LogP contribution in [-0.4, -0.2) is 35.9 Å². The largest absolute Gasteiger partial charge is 0.338 e. The number of rotatable bonds is 10. The van der Waals surface area contributed by atoms with E-state index in [0.717, 1.165) is 10.5 Å². The summed E-state index contributed by atoms with van der Waals surface area (Å²) in [6.07, 6.45) is 5.67. The van der Waals surface area contributed by atoms with Crippen LogP contribution in [0.3, 0.4) is 0 Å². The van der Waals surface area contributed by atoms with Gasteiger partial charge in [0.1, 0.15) is 5.82 Å². The summed E-state index contributed by atoms with van der Waals surface area (Å²) in [5.74, 6) is -1.49. The van der Waals surface area contributed by atoms with Crippen LogP contribution in [0.15, 0.2) is 53.4 Å². The maximum Gasteiger partial charge on any atom is 0.321 e. The third kappa shape index (κ3) is 8.52. The van der Waals surface area contributed by atoms with Crippen molar-refractivity contribution in [3.8, 4) is 0 Å². The normalized spacial score (nSPS) is 11.0. The maximum atomic E-state index is 13.3. The lowest BCUT2D eigenvalue weighted by Gasteiger charge is -2.10. The van der Waals surface area contributed by atoms with Crippen molar-refractivity contribution in [2.45, 2.75) is 30.6 Å². The summed E-state index contributed by atoms with van der Waals surface area (Å²) in [7, 11) is 0. The predicted molar refractivity (Wildman–Crippen MR) is 122 cm³/mol. The van der Waals surface area contributed by atoms with E-state index in [-0.39, 0.29) is 12.0 Å². The third-order valence-corrected chi connectivity index (χ3v) is 5.29. The van der Waals surface area contributed by atoms with Crippen LogP contribution < -0.4 is 16.1 Å². The molecule has 0 heterocycles. The van der Waals surface area contributed by atoms with E-state index in [1.807, 2.05) is 30.5 Å². The number of unbranched alkanes of at least 4 members (excludes halogenated alkanes) is 2. The monoisotopic (exact) mass is 459 g/mol. The zero-order valence-electron chi connectivity index (χ0n) is 17.7. The molecule has 4 amide bonds. The molecule has 2 rings (SSSR count). The molecular weight excluding hydrogens is 433 g/mol. The molecule has 0 saturated carbocycles. The first kappa shape index (κ1) is 25.1. The summed E-state index contributed by atoms with van der Waals surface area (Å²) >= 11 is 1.60. The fourth-order valence-electron chi connectivity index (χ4n) is 2.84. The number of halogens is 1. The average molecular weight is 460 g/mol. The highest BCUT2D eigenvalue weighted by atomic mass is 32.2. The van der Waals surface area contributed by atoms with Crippen LogP contribution in [-0.2, 0) is 9.59 Å². The molecule has 0 aliphatic rings. The molecule has 0 aliphatic heterocycles. The molecule has 7 nitrogen and oxygen atoms in total. The molecule has 2 aromatic carbocycles. The van der Waals surface area contributed by atoms with Gasteiger partial charge in [-0.1, -0.05) is 30.7 Å². The molecule has 170 valence electrons. The fourth-order valence-corrected chi connectivity index (χ4v) is 3.24. The highest BCUT2D eigenvalue weighted by Gasteiger charge is 2.15. The van der Waals surface area contributed by atoms with Crippen molar-refractivity contribution >= 4 is 41.3 Å². The van der Waals surface area contributed by atoms with E-state index in [1.165, 1.54) is 24.3 Å². The second-order valence-corrected chi connectivity index (χ2v) is 7.77. The average Bonchev–Trinajstić information content (AvgIpc) is 2.80. The van der Waals surface area contributed by atoms with Crippen LogP contribution in [0.2, 0.25) is 0 Å². The van der Waals surface area contributed by atoms with Gasteiger partial charge in [-0.15, -0.1) is 11.8 Å². The van der Waals surface area contributed by atoms with Crippen molar-refractivity contribution in [1.82, 2.24) is 16.1 Å². The minimum atomic E-state index is -0.645. The molecule has 0 fully saturated rings. The Kier molecular flexibility index (Phi) is 10.4. The molecule has 0 bridgehead atoms. The Balaban J connectivity index is 2.00.